The van der Waals surface area contributed by atoms with Gasteiger partial charge in [0.15, 0.2) is 0 Å². The van der Waals surface area contributed by atoms with Crippen molar-refractivity contribution in [1.82, 2.24) is 0 Å². The van der Waals surface area contributed by atoms with Crippen LogP contribution in [0.1, 0.15) is 47.5 Å². The molecule has 0 aromatic heterocycles. The number of fused-ring (bicyclic) bond motifs is 1. The minimum Gasteiger partial charge on any atom is -0.458 e. The van der Waals surface area contributed by atoms with Gasteiger partial charge in [-0.2, -0.15) is 0 Å². The van der Waals surface area contributed by atoms with Gasteiger partial charge in [-0.3, -0.25) is 9.59 Å². The Labute approximate surface area is 135 Å². The van der Waals surface area contributed by atoms with E-state index in [0.717, 1.165) is 6.42 Å². The number of esters is 3. The standard InChI is InChI=1S/C17H24O6/c1-8(2)13(18)23-16(3,4)15(20)22-12-11-9-6-17(12,5)7-10(9)14(19)21-11/h8-12H,6-7H2,1-5H3. The molecule has 0 radical (unpaired) electrons. The maximum absolute atomic E-state index is 12.5. The Bertz CT molecular complexity index is 565. The van der Waals surface area contributed by atoms with E-state index >= 15 is 0 Å². The highest BCUT2D eigenvalue weighted by Crippen LogP contribution is 2.62. The maximum atomic E-state index is 12.5. The zero-order valence-electron chi connectivity index (χ0n) is 14.3. The number of carbonyl (C=O) groups is 3. The molecule has 0 spiro atoms. The molecule has 2 aliphatic carbocycles. The van der Waals surface area contributed by atoms with Gasteiger partial charge in [-0.05, 0) is 26.7 Å². The summed E-state index contributed by atoms with van der Waals surface area (Å²) < 4.78 is 16.4. The lowest BCUT2D eigenvalue weighted by Crippen LogP contribution is -2.47. The van der Waals surface area contributed by atoms with Crippen molar-refractivity contribution >= 4 is 17.9 Å². The van der Waals surface area contributed by atoms with E-state index in [1.54, 1.807) is 13.8 Å². The lowest BCUT2D eigenvalue weighted by atomic mass is 9.79. The zero-order chi connectivity index (χ0) is 17.2. The molecule has 2 bridgehead atoms. The molecule has 3 rings (SSSR count). The summed E-state index contributed by atoms with van der Waals surface area (Å²) in [5.74, 6) is -1.44. The van der Waals surface area contributed by atoms with Crippen molar-refractivity contribution in [2.75, 3.05) is 0 Å². The lowest BCUT2D eigenvalue weighted by molar-refractivity contribution is -0.192. The molecule has 1 heterocycles. The number of hydrogen-bond acceptors (Lipinski definition) is 6. The third-order valence-corrected chi connectivity index (χ3v) is 5.42. The van der Waals surface area contributed by atoms with E-state index in [1.165, 1.54) is 13.8 Å². The van der Waals surface area contributed by atoms with Crippen LogP contribution in [0.4, 0.5) is 0 Å². The topological polar surface area (TPSA) is 78.9 Å². The van der Waals surface area contributed by atoms with Gasteiger partial charge < -0.3 is 14.2 Å². The van der Waals surface area contributed by atoms with Crippen molar-refractivity contribution in [3.8, 4) is 0 Å². The van der Waals surface area contributed by atoms with Gasteiger partial charge in [0, 0.05) is 11.3 Å². The first kappa shape index (κ1) is 16.3. The average Bonchev–Trinajstić information content (AvgIpc) is 2.97. The molecule has 0 aromatic rings. The van der Waals surface area contributed by atoms with Crippen LogP contribution in [0.25, 0.3) is 0 Å². The molecule has 1 saturated heterocycles. The SMILES string of the molecule is CC(C)C(=O)OC(C)(C)C(=O)OC1C2OC(=O)C3CC1(C)CC32. The zero-order valence-corrected chi connectivity index (χ0v) is 14.3. The molecule has 0 N–H and O–H groups in total. The molecule has 3 aliphatic rings. The van der Waals surface area contributed by atoms with Crippen molar-refractivity contribution in [2.24, 2.45) is 23.2 Å². The molecule has 5 atom stereocenters. The first-order valence-corrected chi connectivity index (χ1v) is 8.19. The van der Waals surface area contributed by atoms with E-state index in [4.69, 9.17) is 14.2 Å². The largest absolute Gasteiger partial charge is 0.458 e. The molecule has 6 heteroatoms. The highest BCUT2D eigenvalue weighted by atomic mass is 16.6. The van der Waals surface area contributed by atoms with Gasteiger partial charge in [0.25, 0.3) is 0 Å². The number of carbonyl (C=O) groups excluding carboxylic acids is 3. The van der Waals surface area contributed by atoms with Gasteiger partial charge in [-0.15, -0.1) is 0 Å². The molecule has 2 saturated carbocycles. The van der Waals surface area contributed by atoms with Crippen LogP contribution >= 0.6 is 0 Å². The first-order chi connectivity index (χ1) is 10.5. The summed E-state index contributed by atoms with van der Waals surface area (Å²) >= 11 is 0. The molecular formula is C17H24O6. The van der Waals surface area contributed by atoms with E-state index in [2.05, 4.69) is 0 Å². The Hall–Kier alpha value is -1.59. The molecule has 6 nitrogen and oxygen atoms in total. The predicted octanol–water partition coefficient (Wildman–Crippen LogP) is 1.85. The van der Waals surface area contributed by atoms with Crippen LogP contribution in [0.3, 0.4) is 0 Å². The second kappa shape index (κ2) is 4.95. The fraction of sp³-hybridized carbons (Fsp3) is 0.824. The molecule has 3 fully saturated rings. The van der Waals surface area contributed by atoms with Crippen molar-refractivity contribution in [3.63, 3.8) is 0 Å². The highest BCUT2D eigenvalue weighted by molar-refractivity contribution is 5.83. The molecule has 0 amide bonds. The van der Waals surface area contributed by atoms with Crippen molar-refractivity contribution in [3.05, 3.63) is 0 Å². The Morgan fingerprint density at radius 2 is 1.96 bits per heavy atom. The number of hydrogen-bond donors (Lipinski definition) is 0. The molecular weight excluding hydrogens is 300 g/mol. The van der Waals surface area contributed by atoms with Gasteiger partial charge in [-0.1, -0.05) is 20.8 Å². The second-order valence-electron chi connectivity index (χ2n) is 8.15. The van der Waals surface area contributed by atoms with E-state index in [9.17, 15) is 14.4 Å². The van der Waals surface area contributed by atoms with Gasteiger partial charge in [0.1, 0.15) is 12.2 Å². The predicted molar refractivity (Wildman–Crippen MR) is 79.1 cm³/mol. The van der Waals surface area contributed by atoms with Crippen LogP contribution in [0.15, 0.2) is 0 Å². The summed E-state index contributed by atoms with van der Waals surface area (Å²) in [5, 5.41) is 0. The van der Waals surface area contributed by atoms with E-state index in [-0.39, 0.29) is 35.2 Å². The third-order valence-electron chi connectivity index (χ3n) is 5.42. The van der Waals surface area contributed by atoms with E-state index in [0.29, 0.717) is 6.42 Å². The minimum absolute atomic E-state index is 0.0493. The van der Waals surface area contributed by atoms with Gasteiger partial charge in [-0.25, -0.2) is 4.79 Å². The molecule has 5 unspecified atom stereocenters. The van der Waals surface area contributed by atoms with Crippen LogP contribution in [0.2, 0.25) is 0 Å². The second-order valence-corrected chi connectivity index (χ2v) is 8.15. The average molecular weight is 324 g/mol. The summed E-state index contributed by atoms with van der Waals surface area (Å²) in [6.07, 6.45) is 0.710. The Kier molecular flexibility index (Phi) is 3.50. The lowest BCUT2D eigenvalue weighted by Gasteiger charge is -2.35. The quantitative estimate of drug-likeness (QED) is 0.580. The maximum Gasteiger partial charge on any atom is 0.350 e. The molecule has 128 valence electrons. The van der Waals surface area contributed by atoms with Crippen LogP contribution in [-0.4, -0.2) is 35.7 Å². The van der Waals surface area contributed by atoms with E-state index < -0.39 is 23.6 Å². The summed E-state index contributed by atoms with van der Waals surface area (Å²) in [6, 6.07) is 0. The fourth-order valence-electron chi connectivity index (χ4n) is 4.12. The Morgan fingerprint density at radius 1 is 1.30 bits per heavy atom. The van der Waals surface area contributed by atoms with Gasteiger partial charge >= 0.3 is 17.9 Å². The number of ether oxygens (including phenoxy) is 3. The van der Waals surface area contributed by atoms with Crippen molar-refractivity contribution < 1.29 is 28.6 Å². The summed E-state index contributed by atoms with van der Waals surface area (Å²) in [5.41, 5.74) is -1.60. The normalized spacial score (nSPS) is 37.9. The molecule has 23 heavy (non-hydrogen) atoms. The third kappa shape index (κ3) is 2.42. The summed E-state index contributed by atoms with van der Waals surface area (Å²) in [6.45, 7) is 8.49. The smallest absolute Gasteiger partial charge is 0.350 e. The minimum atomic E-state index is -1.36. The monoisotopic (exact) mass is 324 g/mol. The van der Waals surface area contributed by atoms with Crippen LogP contribution in [-0.2, 0) is 28.6 Å². The van der Waals surface area contributed by atoms with Crippen LogP contribution in [0.5, 0.6) is 0 Å². The Morgan fingerprint density at radius 3 is 2.57 bits per heavy atom. The molecule has 1 aliphatic heterocycles. The summed E-state index contributed by atoms with van der Waals surface area (Å²) in [7, 11) is 0. The fourth-order valence-corrected chi connectivity index (χ4v) is 4.12. The van der Waals surface area contributed by atoms with Crippen LogP contribution in [0, 0.1) is 23.2 Å². The Balaban J connectivity index is 1.71. The van der Waals surface area contributed by atoms with Gasteiger partial charge in [0.2, 0.25) is 5.60 Å². The van der Waals surface area contributed by atoms with Crippen LogP contribution < -0.4 is 0 Å². The van der Waals surface area contributed by atoms with Crippen molar-refractivity contribution in [1.29, 1.82) is 0 Å². The summed E-state index contributed by atoms with van der Waals surface area (Å²) in [4.78, 5) is 36.1. The van der Waals surface area contributed by atoms with Crippen molar-refractivity contribution in [2.45, 2.75) is 65.3 Å². The number of rotatable bonds is 4. The molecule has 0 aromatic carbocycles. The van der Waals surface area contributed by atoms with E-state index in [1.807, 2.05) is 6.92 Å². The first-order valence-electron chi connectivity index (χ1n) is 8.19. The highest BCUT2D eigenvalue weighted by Gasteiger charge is 2.69. The van der Waals surface area contributed by atoms with Gasteiger partial charge in [0.05, 0.1) is 11.8 Å².